The molecule has 0 spiro atoms. The molecule has 32 heavy (non-hydrogen) atoms. The molecule has 0 fully saturated rings. The highest BCUT2D eigenvalue weighted by molar-refractivity contribution is 7.16. The van der Waals surface area contributed by atoms with Gasteiger partial charge in [0.25, 0.3) is 0 Å². The number of carbonyl (C=O) groups is 1. The third-order valence-electron chi connectivity index (χ3n) is 6.20. The van der Waals surface area contributed by atoms with Crippen molar-refractivity contribution in [3.05, 3.63) is 58.5 Å². The number of rotatable bonds is 7. The molecule has 8 heteroatoms. The molecule has 166 valence electrons. The van der Waals surface area contributed by atoms with Crippen molar-refractivity contribution in [3.8, 4) is 11.8 Å². The second kappa shape index (κ2) is 10.1. The summed E-state index contributed by atoms with van der Waals surface area (Å²) >= 11 is 1.59. The zero-order chi connectivity index (χ0) is 22.5. The molecule has 0 bridgehead atoms. The van der Waals surface area contributed by atoms with Crippen LogP contribution in [0.5, 0.6) is 0 Å². The molecular formula is C24H28N6OS. The van der Waals surface area contributed by atoms with E-state index in [1.54, 1.807) is 22.3 Å². The number of benzene rings is 1. The first-order valence-electron chi connectivity index (χ1n) is 11.1. The van der Waals surface area contributed by atoms with E-state index in [2.05, 4.69) is 45.4 Å². The lowest BCUT2D eigenvalue weighted by Gasteiger charge is -2.25. The van der Waals surface area contributed by atoms with E-state index in [1.807, 2.05) is 19.2 Å². The number of carbonyl (C=O) groups excluding carboxylic acids is 1. The maximum Gasteiger partial charge on any atom is 0.226 e. The van der Waals surface area contributed by atoms with Gasteiger partial charge in [-0.3, -0.25) is 9.69 Å². The van der Waals surface area contributed by atoms with Gasteiger partial charge in [-0.2, -0.15) is 10.4 Å². The first-order chi connectivity index (χ1) is 15.6. The summed E-state index contributed by atoms with van der Waals surface area (Å²) < 4.78 is 1.72. The molecule has 7 nitrogen and oxygen atoms in total. The van der Waals surface area contributed by atoms with Crippen molar-refractivity contribution in [2.75, 3.05) is 18.9 Å². The van der Waals surface area contributed by atoms with Gasteiger partial charge in [-0.05, 0) is 62.9 Å². The Bertz CT molecular complexity index is 1100. The first-order valence-corrected chi connectivity index (χ1v) is 11.9. The Kier molecular flexibility index (Phi) is 6.98. The van der Waals surface area contributed by atoms with Crippen molar-refractivity contribution in [3.63, 3.8) is 0 Å². The monoisotopic (exact) mass is 448 g/mol. The van der Waals surface area contributed by atoms with E-state index in [-0.39, 0.29) is 11.9 Å². The summed E-state index contributed by atoms with van der Waals surface area (Å²) in [6.07, 6.45) is 9.02. The van der Waals surface area contributed by atoms with E-state index >= 15 is 0 Å². The zero-order valence-electron chi connectivity index (χ0n) is 18.5. The number of aromatic nitrogens is 3. The summed E-state index contributed by atoms with van der Waals surface area (Å²) in [5, 5.41) is 17.5. The lowest BCUT2D eigenvalue weighted by Crippen LogP contribution is -2.27. The largest absolute Gasteiger partial charge is 0.317 e. The smallest absolute Gasteiger partial charge is 0.226 e. The predicted molar refractivity (Wildman–Crippen MR) is 126 cm³/mol. The Balaban J connectivity index is 1.33. The molecule has 0 saturated carbocycles. The van der Waals surface area contributed by atoms with E-state index in [1.165, 1.54) is 23.2 Å². The van der Waals surface area contributed by atoms with Gasteiger partial charge < -0.3 is 5.32 Å². The SMILES string of the molecule is CC(c1ccc(-n2cncn2)cc1)N(C)CCC(=O)Nc1sc2c(c1C#N)CCCCC2. The minimum atomic E-state index is -0.0431. The van der Waals surface area contributed by atoms with E-state index in [4.69, 9.17) is 0 Å². The fourth-order valence-corrected chi connectivity index (χ4v) is 5.37. The van der Waals surface area contributed by atoms with Crippen LogP contribution < -0.4 is 5.32 Å². The quantitative estimate of drug-likeness (QED) is 0.538. The summed E-state index contributed by atoms with van der Waals surface area (Å²) in [6.45, 7) is 2.76. The lowest BCUT2D eigenvalue weighted by molar-refractivity contribution is -0.116. The Morgan fingerprint density at radius 3 is 2.78 bits per heavy atom. The summed E-state index contributed by atoms with van der Waals surface area (Å²) in [6, 6.07) is 10.7. The molecule has 0 aliphatic heterocycles. The van der Waals surface area contributed by atoms with Crippen molar-refractivity contribution in [1.82, 2.24) is 19.7 Å². The molecule has 0 radical (unpaired) electrons. The average molecular weight is 449 g/mol. The molecule has 2 aromatic heterocycles. The number of amides is 1. The third-order valence-corrected chi connectivity index (χ3v) is 7.40. The van der Waals surface area contributed by atoms with Crippen molar-refractivity contribution in [2.24, 2.45) is 0 Å². The van der Waals surface area contributed by atoms with Crippen molar-refractivity contribution in [1.29, 1.82) is 5.26 Å². The zero-order valence-corrected chi connectivity index (χ0v) is 19.4. The number of aryl methyl sites for hydroxylation is 1. The van der Waals surface area contributed by atoms with Gasteiger partial charge in [0, 0.05) is 23.9 Å². The van der Waals surface area contributed by atoms with Crippen LogP contribution in [0.25, 0.3) is 5.69 Å². The van der Waals surface area contributed by atoms with Crippen LogP contribution in [0.1, 0.15) is 60.2 Å². The number of fused-ring (bicyclic) bond motifs is 1. The van der Waals surface area contributed by atoms with Gasteiger partial charge in [-0.15, -0.1) is 11.3 Å². The molecule has 3 aromatic rings. The fourth-order valence-electron chi connectivity index (χ4n) is 4.11. The number of hydrogen-bond donors (Lipinski definition) is 1. The van der Waals surface area contributed by atoms with Gasteiger partial charge in [0.1, 0.15) is 23.7 Å². The summed E-state index contributed by atoms with van der Waals surface area (Å²) in [7, 11) is 2.03. The van der Waals surface area contributed by atoms with Crippen molar-refractivity contribution >= 4 is 22.2 Å². The van der Waals surface area contributed by atoms with Gasteiger partial charge in [0.2, 0.25) is 5.91 Å². The van der Waals surface area contributed by atoms with Crippen LogP contribution in [0, 0.1) is 11.3 Å². The van der Waals surface area contributed by atoms with E-state index in [0.29, 0.717) is 18.5 Å². The molecule has 2 heterocycles. The normalized spacial score (nSPS) is 14.4. The van der Waals surface area contributed by atoms with E-state index < -0.39 is 0 Å². The second-order valence-corrected chi connectivity index (χ2v) is 9.37. The van der Waals surface area contributed by atoms with Crippen LogP contribution in [0.4, 0.5) is 5.00 Å². The molecule has 0 saturated heterocycles. The summed E-state index contributed by atoms with van der Waals surface area (Å²) in [5.74, 6) is -0.0431. The highest BCUT2D eigenvalue weighted by Crippen LogP contribution is 2.37. The van der Waals surface area contributed by atoms with Crippen LogP contribution in [0.2, 0.25) is 0 Å². The van der Waals surface area contributed by atoms with Crippen LogP contribution in [0.3, 0.4) is 0 Å². The minimum Gasteiger partial charge on any atom is -0.317 e. The lowest BCUT2D eigenvalue weighted by atomic mass is 10.1. The summed E-state index contributed by atoms with van der Waals surface area (Å²) in [5.41, 5.74) is 3.97. The maximum atomic E-state index is 12.6. The Labute approximate surface area is 192 Å². The molecule has 1 N–H and O–H groups in total. The summed E-state index contributed by atoms with van der Waals surface area (Å²) in [4.78, 5) is 20.1. The molecule has 1 aromatic carbocycles. The molecule has 4 rings (SSSR count). The second-order valence-electron chi connectivity index (χ2n) is 8.27. The Morgan fingerprint density at radius 2 is 2.06 bits per heavy atom. The van der Waals surface area contributed by atoms with Crippen LogP contribution in [0.15, 0.2) is 36.9 Å². The first kappa shape index (κ1) is 22.2. The molecule has 1 aliphatic carbocycles. The van der Waals surface area contributed by atoms with Gasteiger partial charge in [0.15, 0.2) is 0 Å². The van der Waals surface area contributed by atoms with Gasteiger partial charge in [-0.1, -0.05) is 18.6 Å². The Morgan fingerprint density at radius 1 is 1.28 bits per heavy atom. The molecule has 1 amide bonds. The predicted octanol–water partition coefficient (Wildman–Crippen LogP) is 4.49. The minimum absolute atomic E-state index is 0.0431. The number of hydrogen-bond acceptors (Lipinski definition) is 6. The molecule has 1 unspecified atom stereocenters. The van der Waals surface area contributed by atoms with Gasteiger partial charge in [0.05, 0.1) is 11.3 Å². The molecule has 1 atom stereocenters. The van der Waals surface area contributed by atoms with Crippen molar-refractivity contribution in [2.45, 2.75) is 51.5 Å². The average Bonchev–Trinajstić information content (AvgIpc) is 3.39. The fraction of sp³-hybridized carbons (Fsp3) is 0.417. The maximum absolute atomic E-state index is 12.6. The van der Waals surface area contributed by atoms with Crippen LogP contribution in [-0.4, -0.2) is 39.2 Å². The van der Waals surface area contributed by atoms with Gasteiger partial charge >= 0.3 is 0 Å². The van der Waals surface area contributed by atoms with Gasteiger partial charge in [-0.25, -0.2) is 9.67 Å². The Hall–Kier alpha value is -3.02. The highest BCUT2D eigenvalue weighted by atomic mass is 32.1. The van der Waals surface area contributed by atoms with Crippen molar-refractivity contribution < 1.29 is 4.79 Å². The van der Waals surface area contributed by atoms with E-state index in [0.717, 1.165) is 41.9 Å². The standard InChI is InChI=1S/C24H28N6OS/c1-17(18-8-10-19(11-9-18)30-16-26-15-27-30)29(2)13-12-23(31)28-24-21(14-25)20-6-4-3-5-7-22(20)32-24/h8-11,15-17H,3-7,12-13H2,1-2H3,(H,28,31). The number of nitriles is 1. The van der Waals surface area contributed by atoms with E-state index in [9.17, 15) is 10.1 Å². The highest BCUT2D eigenvalue weighted by Gasteiger charge is 2.21. The molecule has 1 aliphatic rings. The van der Waals surface area contributed by atoms with Crippen LogP contribution >= 0.6 is 11.3 Å². The number of thiophene rings is 1. The number of anilines is 1. The molecular weight excluding hydrogens is 420 g/mol. The van der Waals surface area contributed by atoms with Crippen LogP contribution in [-0.2, 0) is 17.6 Å². The topological polar surface area (TPSA) is 86.8 Å². The third kappa shape index (κ3) is 4.90. The number of nitrogens with one attached hydrogen (secondary N) is 1. The number of nitrogens with zero attached hydrogens (tertiary/aromatic N) is 5.